The van der Waals surface area contributed by atoms with Gasteiger partial charge in [0.2, 0.25) is 15.9 Å². The Bertz CT molecular complexity index is 1020. The molecule has 1 fully saturated rings. The van der Waals surface area contributed by atoms with Crippen LogP contribution in [-0.2, 0) is 19.6 Å². The Hall–Kier alpha value is -2.48. The van der Waals surface area contributed by atoms with Crippen LogP contribution in [0.3, 0.4) is 0 Å². The minimum atomic E-state index is -3.52. The van der Waals surface area contributed by atoms with Gasteiger partial charge in [-0.3, -0.25) is 4.79 Å². The summed E-state index contributed by atoms with van der Waals surface area (Å²) in [6, 6.07) is 12.5. The van der Waals surface area contributed by atoms with Crippen molar-refractivity contribution < 1.29 is 17.9 Å². The number of hydrogen-bond donors (Lipinski definition) is 1. The molecular weight excluding hydrogens is 400 g/mol. The van der Waals surface area contributed by atoms with E-state index in [2.05, 4.69) is 19.2 Å². The Labute approximate surface area is 178 Å². The zero-order valence-electron chi connectivity index (χ0n) is 17.6. The van der Waals surface area contributed by atoms with Gasteiger partial charge in [0.05, 0.1) is 18.1 Å². The number of amides is 1. The first kappa shape index (κ1) is 22.2. The van der Waals surface area contributed by atoms with Crippen molar-refractivity contribution in [1.29, 1.82) is 0 Å². The molecule has 0 radical (unpaired) electrons. The Morgan fingerprint density at radius 2 is 1.77 bits per heavy atom. The number of para-hydroxylation sites is 1. The summed E-state index contributed by atoms with van der Waals surface area (Å²) < 4.78 is 32.0. The first-order valence-corrected chi connectivity index (χ1v) is 11.5. The molecule has 1 N–H and O–H groups in total. The normalized spacial score (nSPS) is 15.6. The lowest BCUT2D eigenvalue weighted by Crippen LogP contribution is -2.40. The molecule has 0 bridgehead atoms. The molecule has 0 saturated carbocycles. The predicted octanol–water partition coefficient (Wildman–Crippen LogP) is 3.79. The molecular formula is C23H28N2O4S. The maximum absolute atomic E-state index is 12.7. The number of carbonyl (C=O) groups is 1. The quantitative estimate of drug-likeness (QED) is 0.711. The summed E-state index contributed by atoms with van der Waals surface area (Å²) in [5.74, 6) is 0.0707. The topological polar surface area (TPSA) is 75.7 Å². The van der Waals surface area contributed by atoms with Gasteiger partial charge in [-0.25, -0.2) is 8.42 Å². The summed E-state index contributed by atoms with van der Waals surface area (Å²) in [4.78, 5) is 12.7. The van der Waals surface area contributed by atoms with Crippen LogP contribution in [0.15, 0.2) is 53.4 Å². The van der Waals surface area contributed by atoms with Crippen molar-refractivity contribution in [3.05, 3.63) is 65.2 Å². The highest BCUT2D eigenvalue weighted by atomic mass is 32.2. The third kappa shape index (κ3) is 5.16. The molecule has 6 nitrogen and oxygen atoms in total. The number of ether oxygens (including phenoxy) is 1. The molecule has 1 aliphatic heterocycles. The van der Waals surface area contributed by atoms with E-state index in [9.17, 15) is 13.2 Å². The molecule has 0 aliphatic carbocycles. The van der Waals surface area contributed by atoms with Crippen LogP contribution in [0.25, 0.3) is 6.08 Å². The van der Waals surface area contributed by atoms with Crippen LogP contribution < -0.4 is 5.32 Å². The van der Waals surface area contributed by atoms with Crippen LogP contribution in [0.5, 0.6) is 0 Å². The number of anilines is 1. The molecule has 0 atom stereocenters. The number of aryl methyl sites for hydroxylation is 1. The number of rotatable bonds is 6. The van der Waals surface area contributed by atoms with Gasteiger partial charge in [0.25, 0.3) is 0 Å². The van der Waals surface area contributed by atoms with Gasteiger partial charge in [0, 0.05) is 24.9 Å². The van der Waals surface area contributed by atoms with Gasteiger partial charge >= 0.3 is 0 Å². The molecule has 1 heterocycles. The molecule has 1 aliphatic rings. The van der Waals surface area contributed by atoms with E-state index in [1.54, 1.807) is 30.3 Å². The van der Waals surface area contributed by atoms with E-state index in [1.165, 1.54) is 10.4 Å². The molecule has 1 saturated heterocycles. The van der Waals surface area contributed by atoms with Crippen LogP contribution in [0, 0.1) is 6.92 Å². The largest absolute Gasteiger partial charge is 0.379 e. The van der Waals surface area contributed by atoms with E-state index in [4.69, 9.17) is 4.74 Å². The highest BCUT2D eigenvalue weighted by molar-refractivity contribution is 7.89. The molecule has 2 aromatic carbocycles. The number of morpholine rings is 1. The van der Waals surface area contributed by atoms with Crippen molar-refractivity contribution in [3.8, 4) is 0 Å². The number of sulfonamides is 1. The van der Waals surface area contributed by atoms with Crippen molar-refractivity contribution in [2.75, 3.05) is 31.6 Å². The minimum Gasteiger partial charge on any atom is -0.379 e. The second-order valence-electron chi connectivity index (χ2n) is 7.60. The molecule has 0 spiro atoms. The SMILES string of the molecule is Cc1cccc(C(C)C)c1NC(=O)/C=C/c1ccc(S(=O)(=O)N2CCOCC2)cc1. The standard InChI is InChI=1S/C23H28N2O4S/c1-17(2)21-6-4-5-18(3)23(21)24-22(26)12-9-19-7-10-20(11-8-19)30(27,28)25-13-15-29-16-14-25/h4-12,17H,13-16H2,1-3H3,(H,24,26)/b12-9+. The molecule has 7 heteroatoms. The van der Waals surface area contributed by atoms with Crippen LogP contribution in [-0.4, -0.2) is 44.9 Å². The van der Waals surface area contributed by atoms with Crippen LogP contribution in [0.1, 0.15) is 36.5 Å². The maximum Gasteiger partial charge on any atom is 0.248 e. The summed E-state index contributed by atoms with van der Waals surface area (Å²) in [6.45, 7) is 7.70. The van der Waals surface area contributed by atoms with Crippen LogP contribution in [0.4, 0.5) is 5.69 Å². The van der Waals surface area contributed by atoms with E-state index in [-0.39, 0.29) is 10.8 Å². The number of nitrogens with zero attached hydrogens (tertiary/aromatic N) is 1. The maximum atomic E-state index is 12.7. The van der Waals surface area contributed by atoms with Gasteiger partial charge in [-0.15, -0.1) is 0 Å². The Morgan fingerprint density at radius 3 is 2.40 bits per heavy atom. The van der Waals surface area contributed by atoms with Gasteiger partial charge in [-0.05, 0) is 47.7 Å². The van der Waals surface area contributed by atoms with Gasteiger partial charge in [-0.2, -0.15) is 4.31 Å². The Morgan fingerprint density at radius 1 is 1.10 bits per heavy atom. The van der Waals surface area contributed by atoms with Crippen molar-refractivity contribution in [1.82, 2.24) is 4.31 Å². The molecule has 0 unspecified atom stereocenters. The van der Waals surface area contributed by atoms with E-state index in [0.29, 0.717) is 32.2 Å². The average Bonchev–Trinajstić information content (AvgIpc) is 2.74. The summed E-state index contributed by atoms with van der Waals surface area (Å²) >= 11 is 0. The number of nitrogens with one attached hydrogen (secondary N) is 1. The second-order valence-corrected chi connectivity index (χ2v) is 9.54. The lowest BCUT2D eigenvalue weighted by atomic mass is 9.98. The fourth-order valence-electron chi connectivity index (χ4n) is 3.37. The number of carbonyl (C=O) groups excluding carboxylic acids is 1. The lowest BCUT2D eigenvalue weighted by Gasteiger charge is -2.26. The van der Waals surface area contributed by atoms with Crippen molar-refractivity contribution in [3.63, 3.8) is 0 Å². The van der Waals surface area contributed by atoms with E-state index in [1.807, 2.05) is 25.1 Å². The van der Waals surface area contributed by atoms with Crippen LogP contribution in [0.2, 0.25) is 0 Å². The minimum absolute atomic E-state index is 0.226. The summed E-state index contributed by atoms with van der Waals surface area (Å²) in [5.41, 5.74) is 3.70. The van der Waals surface area contributed by atoms with Crippen molar-refractivity contribution >= 4 is 27.7 Å². The molecule has 3 rings (SSSR count). The molecule has 0 aromatic heterocycles. The van der Waals surface area contributed by atoms with Gasteiger partial charge in [0.1, 0.15) is 0 Å². The third-order valence-corrected chi connectivity index (χ3v) is 7.00. The van der Waals surface area contributed by atoms with Gasteiger partial charge in [-0.1, -0.05) is 44.2 Å². The van der Waals surface area contributed by atoms with Gasteiger partial charge < -0.3 is 10.1 Å². The fourth-order valence-corrected chi connectivity index (χ4v) is 4.77. The first-order valence-electron chi connectivity index (χ1n) is 10.1. The first-order chi connectivity index (χ1) is 14.3. The summed E-state index contributed by atoms with van der Waals surface area (Å²) in [6.07, 6.45) is 3.13. The average molecular weight is 429 g/mol. The monoisotopic (exact) mass is 428 g/mol. The molecule has 2 aromatic rings. The predicted molar refractivity (Wildman–Crippen MR) is 119 cm³/mol. The highest BCUT2D eigenvalue weighted by Crippen LogP contribution is 2.27. The molecule has 30 heavy (non-hydrogen) atoms. The molecule has 160 valence electrons. The van der Waals surface area contributed by atoms with Crippen molar-refractivity contribution in [2.24, 2.45) is 0 Å². The number of benzene rings is 2. The smallest absolute Gasteiger partial charge is 0.248 e. The van der Waals surface area contributed by atoms with E-state index >= 15 is 0 Å². The Balaban J connectivity index is 1.69. The highest BCUT2D eigenvalue weighted by Gasteiger charge is 2.25. The number of hydrogen-bond acceptors (Lipinski definition) is 4. The third-order valence-electron chi connectivity index (χ3n) is 5.09. The lowest BCUT2D eigenvalue weighted by molar-refractivity contribution is -0.111. The van der Waals surface area contributed by atoms with E-state index in [0.717, 1.165) is 22.4 Å². The Kier molecular flexibility index (Phi) is 7.07. The van der Waals surface area contributed by atoms with Gasteiger partial charge in [0.15, 0.2) is 0 Å². The summed E-state index contributed by atoms with van der Waals surface area (Å²) in [5, 5.41) is 2.97. The fraction of sp³-hybridized carbons (Fsp3) is 0.348. The molecule has 1 amide bonds. The van der Waals surface area contributed by atoms with E-state index < -0.39 is 10.0 Å². The van der Waals surface area contributed by atoms with Crippen LogP contribution >= 0.6 is 0 Å². The second kappa shape index (κ2) is 9.55. The summed E-state index contributed by atoms with van der Waals surface area (Å²) in [7, 11) is -3.52. The van der Waals surface area contributed by atoms with Crippen molar-refractivity contribution in [2.45, 2.75) is 31.6 Å². The zero-order chi connectivity index (χ0) is 21.7. The zero-order valence-corrected chi connectivity index (χ0v) is 18.4.